The molecule has 0 radical (unpaired) electrons. The van der Waals surface area contributed by atoms with Gasteiger partial charge in [0, 0.05) is 0 Å². The number of hydrogen-bond donors (Lipinski definition) is 0. The second-order valence-corrected chi connectivity index (χ2v) is 15.4. The molecule has 6 aliphatic rings. The van der Waals surface area contributed by atoms with Crippen LogP contribution in [-0.2, 0) is 0 Å². The van der Waals surface area contributed by atoms with Crippen LogP contribution in [-0.4, -0.2) is 0 Å². The van der Waals surface area contributed by atoms with Crippen LogP contribution in [0, 0.1) is 90.2 Å². The summed E-state index contributed by atoms with van der Waals surface area (Å²) in [6.45, 7) is 36.0. The molecule has 0 aromatic heterocycles. The van der Waals surface area contributed by atoms with E-state index in [0.717, 1.165) is 41.4 Å². The molecular formula is C29H46. The van der Waals surface area contributed by atoms with Gasteiger partial charge in [0.05, 0.1) is 0 Å². The van der Waals surface area contributed by atoms with Crippen molar-refractivity contribution in [2.75, 3.05) is 0 Å². The van der Waals surface area contributed by atoms with Gasteiger partial charge in [-0.3, -0.25) is 0 Å². The molecule has 0 spiro atoms. The summed E-state index contributed by atoms with van der Waals surface area (Å²) < 4.78 is 0. The Morgan fingerprint density at radius 1 is 0.414 bits per heavy atom. The van der Waals surface area contributed by atoms with E-state index < -0.39 is 0 Å². The minimum Gasteiger partial charge on any atom is -0.0617 e. The van der Waals surface area contributed by atoms with Crippen molar-refractivity contribution in [3.8, 4) is 0 Å². The third kappa shape index (κ3) is 0.819. The highest BCUT2D eigenvalue weighted by atomic mass is 15.1. The van der Waals surface area contributed by atoms with E-state index in [1.165, 1.54) is 0 Å². The average Bonchev–Trinajstić information content (AvgIpc) is 2.67. The smallest absolute Gasteiger partial charge is 0.0134 e. The van der Waals surface area contributed by atoms with Crippen LogP contribution >= 0.6 is 0 Å². The Morgan fingerprint density at radius 3 is 1.14 bits per heavy atom. The first-order chi connectivity index (χ1) is 13.0. The van der Waals surface area contributed by atoms with Crippen LogP contribution < -0.4 is 0 Å². The summed E-state index contributed by atoms with van der Waals surface area (Å²) in [7, 11) is 0. The van der Waals surface area contributed by atoms with Crippen LogP contribution in [0.5, 0.6) is 0 Å². The standard InChI is InChI=1S/C29H46/c1-14-18-19-15(2)23(7)22(14,6)26(10)27(23,11)29(13)25(9)17(4)21(19,5)20(18)16(3)24(25,8)28(26,29)12/h14-20H,1-13H3. The molecule has 0 heteroatoms. The molecule has 29 heavy (non-hydrogen) atoms. The molecule has 16 unspecified atom stereocenters. The molecule has 6 fully saturated rings. The first kappa shape index (κ1) is 18.6. The molecule has 0 aromatic carbocycles. The first-order valence-corrected chi connectivity index (χ1v) is 13.0. The second kappa shape index (κ2) is 3.63. The molecule has 16 atom stereocenters. The zero-order valence-corrected chi connectivity index (χ0v) is 21.5. The van der Waals surface area contributed by atoms with Gasteiger partial charge >= 0.3 is 0 Å². The van der Waals surface area contributed by atoms with Gasteiger partial charge in [-0.1, -0.05) is 90.0 Å². The van der Waals surface area contributed by atoms with Crippen LogP contribution in [0.15, 0.2) is 0 Å². The Kier molecular flexibility index (Phi) is 2.32. The lowest BCUT2D eigenvalue weighted by molar-refractivity contribution is -0.678. The van der Waals surface area contributed by atoms with Crippen LogP contribution in [0.2, 0.25) is 0 Å². The highest BCUT2D eigenvalue weighted by Gasteiger charge is 3.11. The van der Waals surface area contributed by atoms with Crippen LogP contribution in [0.1, 0.15) is 90.0 Å². The van der Waals surface area contributed by atoms with Crippen molar-refractivity contribution in [1.82, 2.24) is 0 Å². The Labute approximate surface area is 180 Å². The lowest BCUT2D eigenvalue weighted by Crippen LogP contribution is -3.10. The van der Waals surface area contributed by atoms with E-state index in [4.69, 9.17) is 0 Å². The van der Waals surface area contributed by atoms with Crippen molar-refractivity contribution in [2.45, 2.75) is 90.0 Å². The summed E-state index contributed by atoms with van der Waals surface area (Å²) in [5.41, 5.74) is 4.26. The summed E-state index contributed by atoms with van der Waals surface area (Å²) in [5, 5.41) is 0. The Hall–Kier alpha value is 0. The second-order valence-electron chi connectivity index (χ2n) is 15.4. The van der Waals surface area contributed by atoms with E-state index in [-0.39, 0.29) is 0 Å². The van der Waals surface area contributed by atoms with Crippen molar-refractivity contribution < 1.29 is 0 Å². The van der Waals surface area contributed by atoms with E-state index in [2.05, 4.69) is 90.0 Å². The van der Waals surface area contributed by atoms with E-state index in [9.17, 15) is 0 Å². The van der Waals surface area contributed by atoms with Crippen molar-refractivity contribution in [3.63, 3.8) is 0 Å². The fourth-order valence-electron chi connectivity index (χ4n) is 17.5. The molecule has 0 aliphatic heterocycles. The SMILES string of the molecule is CC1C2C3C(C)C4(C)C1(C)C1(C)C4(C)C4(C)C5(C)C(C)C3(C)C2C(C)C5(C)C14C. The maximum atomic E-state index is 2.80. The average molecular weight is 395 g/mol. The maximum absolute atomic E-state index is 2.80. The van der Waals surface area contributed by atoms with Crippen molar-refractivity contribution in [3.05, 3.63) is 0 Å². The van der Waals surface area contributed by atoms with Gasteiger partial charge in [0.1, 0.15) is 0 Å². The van der Waals surface area contributed by atoms with E-state index >= 15 is 0 Å². The number of fused-ring (bicyclic) bond motifs is 14. The zero-order chi connectivity index (χ0) is 21.5. The fraction of sp³-hybridized carbons (Fsp3) is 1.00. The number of rotatable bonds is 0. The van der Waals surface area contributed by atoms with E-state index in [1.54, 1.807) is 0 Å². The highest BCUT2D eigenvalue weighted by molar-refractivity contribution is 5.58. The molecule has 6 saturated carbocycles. The summed E-state index contributed by atoms with van der Waals surface area (Å²) in [4.78, 5) is 0. The maximum Gasteiger partial charge on any atom is -0.0134 e. The normalized spacial score (nSPS) is 87.0. The van der Waals surface area contributed by atoms with Gasteiger partial charge in [-0.2, -0.15) is 0 Å². The summed E-state index contributed by atoms with van der Waals surface area (Å²) >= 11 is 0. The third-order valence-electron chi connectivity index (χ3n) is 18.8. The largest absolute Gasteiger partial charge is 0.0617 e. The monoisotopic (exact) mass is 394 g/mol. The van der Waals surface area contributed by atoms with Crippen LogP contribution in [0.25, 0.3) is 0 Å². The zero-order valence-electron chi connectivity index (χ0n) is 21.5. The Balaban J connectivity index is 1.70. The molecule has 162 valence electrons. The molecule has 0 N–H and O–H groups in total. The molecule has 0 saturated heterocycles. The third-order valence-corrected chi connectivity index (χ3v) is 18.8. The molecule has 0 aromatic rings. The molecule has 0 amide bonds. The molecule has 0 heterocycles. The number of hydrogen-bond acceptors (Lipinski definition) is 0. The van der Waals surface area contributed by atoms with Gasteiger partial charge in [-0.25, -0.2) is 0 Å². The van der Waals surface area contributed by atoms with Gasteiger partial charge in [0.25, 0.3) is 0 Å². The van der Waals surface area contributed by atoms with Gasteiger partial charge in [0.2, 0.25) is 0 Å². The van der Waals surface area contributed by atoms with Gasteiger partial charge < -0.3 is 0 Å². The quantitative estimate of drug-likeness (QED) is 0.372. The summed E-state index contributed by atoms with van der Waals surface area (Å²) in [5.74, 6) is 6.28. The van der Waals surface area contributed by atoms with E-state index in [1.807, 2.05) is 0 Å². The molecule has 0 nitrogen and oxygen atoms in total. The van der Waals surface area contributed by atoms with Crippen LogP contribution in [0.3, 0.4) is 0 Å². The van der Waals surface area contributed by atoms with Gasteiger partial charge in [-0.05, 0) is 90.2 Å². The topological polar surface area (TPSA) is 0 Å². The lowest BCUT2D eigenvalue weighted by Gasteiger charge is -3.14. The van der Waals surface area contributed by atoms with Crippen LogP contribution in [0.4, 0.5) is 0 Å². The molecule has 0 bridgehead atoms. The van der Waals surface area contributed by atoms with Gasteiger partial charge in [-0.15, -0.1) is 0 Å². The van der Waals surface area contributed by atoms with Crippen molar-refractivity contribution in [2.24, 2.45) is 90.2 Å². The Bertz CT molecular complexity index is 881. The van der Waals surface area contributed by atoms with Gasteiger partial charge in [0.15, 0.2) is 0 Å². The Morgan fingerprint density at radius 2 is 0.724 bits per heavy atom. The predicted molar refractivity (Wildman–Crippen MR) is 120 cm³/mol. The minimum atomic E-state index is 0.452. The fourth-order valence-corrected chi connectivity index (χ4v) is 17.5. The van der Waals surface area contributed by atoms with E-state index in [0.29, 0.717) is 48.7 Å². The summed E-state index contributed by atoms with van der Waals surface area (Å²) in [6.07, 6.45) is 0. The first-order valence-electron chi connectivity index (χ1n) is 13.0. The molecular weight excluding hydrogens is 348 g/mol. The lowest BCUT2D eigenvalue weighted by atomic mass is 8.89. The molecule has 6 rings (SSSR count). The predicted octanol–water partition coefficient (Wildman–Crippen LogP) is 7.53. The minimum absolute atomic E-state index is 0.452. The highest BCUT2D eigenvalue weighted by Crippen LogP contribution is 3.15. The summed E-state index contributed by atoms with van der Waals surface area (Å²) in [6, 6.07) is 0. The molecule has 6 aliphatic carbocycles. The van der Waals surface area contributed by atoms with Crippen molar-refractivity contribution >= 4 is 0 Å². The van der Waals surface area contributed by atoms with Crippen molar-refractivity contribution in [1.29, 1.82) is 0 Å².